The first kappa shape index (κ1) is 11.9. The van der Waals surface area contributed by atoms with Gasteiger partial charge in [0.2, 0.25) is 0 Å². The Morgan fingerprint density at radius 3 is 3.00 bits per heavy atom. The molecule has 1 fully saturated rings. The van der Waals surface area contributed by atoms with E-state index >= 15 is 0 Å². The van der Waals surface area contributed by atoms with Gasteiger partial charge in [-0.15, -0.1) is 0 Å². The molecule has 3 unspecified atom stereocenters. The predicted molar refractivity (Wildman–Crippen MR) is 59.9 cm³/mol. The Kier molecular flexibility index (Phi) is 2.74. The molecule has 1 aromatic rings. The number of aliphatic hydroxyl groups is 2. The first-order valence-corrected chi connectivity index (χ1v) is 5.95. The maximum Gasteiger partial charge on any atom is 0.190 e. The second-order valence-corrected chi connectivity index (χ2v) is 4.71. The van der Waals surface area contributed by atoms with Crippen molar-refractivity contribution in [3.63, 3.8) is 0 Å². The predicted octanol–water partition coefficient (Wildman–Crippen LogP) is -0.331. The SMILES string of the molecule is O=Cc1ccc2n1CC1(CC2)OC(O)C(CO)O1. The molecule has 1 saturated heterocycles. The Bertz CT molecular complexity index is 471. The van der Waals surface area contributed by atoms with E-state index in [0.29, 0.717) is 25.1 Å². The van der Waals surface area contributed by atoms with Gasteiger partial charge in [-0.1, -0.05) is 0 Å². The Balaban J connectivity index is 1.88. The summed E-state index contributed by atoms with van der Waals surface area (Å²) in [7, 11) is 0. The van der Waals surface area contributed by atoms with Crippen molar-refractivity contribution in [1.29, 1.82) is 0 Å². The van der Waals surface area contributed by atoms with Crippen LogP contribution >= 0.6 is 0 Å². The van der Waals surface area contributed by atoms with Crippen LogP contribution in [0.2, 0.25) is 0 Å². The molecule has 18 heavy (non-hydrogen) atoms. The summed E-state index contributed by atoms with van der Waals surface area (Å²) >= 11 is 0. The van der Waals surface area contributed by atoms with Crippen molar-refractivity contribution in [1.82, 2.24) is 4.57 Å². The van der Waals surface area contributed by atoms with E-state index in [1.54, 1.807) is 6.07 Å². The molecule has 2 aliphatic rings. The van der Waals surface area contributed by atoms with Crippen LogP contribution < -0.4 is 0 Å². The molecule has 3 rings (SSSR count). The fraction of sp³-hybridized carbons (Fsp3) is 0.583. The summed E-state index contributed by atoms with van der Waals surface area (Å²) in [5.41, 5.74) is 1.62. The van der Waals surface area contributed by atoms with Crippen LogP contribution in [-0.4, -0.2) is 45.9 Å². The van der Waals surface area contributed by atoms with Crippen molar-refractivity contribution in [2.75, 3.05) is 6.61 Å². The van der Waals surface area contributed by atoms with E-state index in [1.807, 2.05) is 10.6 Å². The first-order chi connectivity index (χ1) is 8.67. The van der Waals surface area contributed by atoms with E-state index < -0.39 is 18.2 Å². The lowest BCUT2D eigenvalue weighted by Gasteiger charge is -2.33. The van der Waals surface area contributed by atoms with Gasteiger partial charge in [0.15, 0.2) is 18.4 Å². The van der Waals surface area contributed by atoms with Gasteiger partial charge in [-0.25, -0.2) is 0 Å². The van der Waals surface area contributed by atoms with Gasteiger partial charge in [-0.05, 0) is 18.6 Å². The third-order valence-electron chi connectivity index (χ3n) is 3.59. The van der Waals surface area contributed by atoms with E-state index in [1.165, 1.54) is 0 Å². The van der Waals surface area contributed by atoms with Gasteiger partial charge < -0.3 is 24.3 Å². The minimum Gasteiger partial charge on any atom is -0.393 e. The summed E-state index contributed by atoms with van der Waals surface area (Å²) in [6.45, 7) is 0.0684. The maximum absolute atomic E-state index is 10.9. The van der Waals surface area contributed by atoms with Gasteiger partial charge in [-0.3, -0.25) is 4.79 Å². The number of carbonyl (C=O) groups is 1. The third kappa shape index (κ3) is 1.69. The van der Waals surface area contributed by atoms with Crippen molar-refractivity contribution in [2.24, 2.45) is 0 Å². The van der Waals surface area contributed by atoms with Crippen molar-refractivity contribution in [3.05, 3.63) is 23.5 Å². The van der Waals surface area contributed by atoms with Crippen molar-refractivity contribution < 1.29 is 24.5 Å². The van der Waals surface area contributed by atoms with Crippen LogP contribution in [0.15, 0.2) is 12.1 Å². The number of aldehydes is 1. The maximum atomic E-state index is 10.9. The molecule has 3 heterocycles. The van der Waals surface area contributed by atoms with Crippen LogP contribution in [0, 0.1) is 0 Å². The summed E-state index contributed by atoms with van der Waals surface area (Å²) in [4.78, 5) is 10.9. The summed E-state index contributed by atoms with van der Waals surface area (Å²) in [5, 5.41) is 18.7. The van der Waals surface area contributed by atoms with E-state index in [4.69, 9.17) is 14.6 Å². The Morgan fingerprint density at radius 2 is 2.33 bits per heavy atom. The minimum atomic E-state index is -1.12. The van der Waals surface area contributed by atoms with Crippen LogP contribution in [0.1, 0.15) is 22.6 Å². The van der Waals surface area contributed by atoms with E-state index in [9.17, 15) is 9.90 Å². The van der Waals surface area contributed by atoms with Gasteiger partial charge in [-0.2, -0.15) is 0 Å². The number of nitrogens with zero attached hydrogens (tertiary/aromatic N) is 1. The normalized spacial score (nSPS) is 34.8. The third-order valence-corrected chi connectivity index (χ3v) is 3.59. The molecule has 3 atom stereocenters. The zero-order chi connectivity index (χ0) is 12.8. The molecule has 0 bridgehead atoms. The first-order valence-electron chi connectivity index (χ1n) is 5.95. The second kappa shape index (κ2) is 4.17. The molecule has 6 heteroatoms. The Labute approximate surface area is 104 Å². The number of hydrogen-bond donors (Lipinski definition) is 2. The smallest absolute Gasteiger partial charge is 0.190 e. The summed E-state index contributed by atoms with van der Waals surface area (Å²) in [6, 6.07) is 3.67. The standard InChI is InChI=1S/C12H15NO5/c14-5-9-2-1-8-3-4-12(7-13(8)9)17-10(6-15)11(16)18-12/h1-2,5,10-11,15-16H,3-4,6-7H2. The topological polar surface area (TPSA) is 80.9 Å². The van der Waals surface area contributed by atoms with Crippen molar-refractivity contribution >= 4 is 6.29 Å². The summed E-state index contributed by atoms with van der Waals surface area (Å²) in [6.07, 6.45) is 0.257. The van der Waals surface area contributed by atoms with E-state index in [0.717, 1.165) is 12.0 Å². The van der Waals surface area contributed by atoms with Gasteiger partial charge in [0.1, 0.15) is 6.10 Å². The number of ether oxygens (including phenoxy) is 2. The number of aryl methyl sites for hydroxylation is 1. The van der Waals surface area contributed by atoms with E-state index in [2.05, 4.69) is 0 Å². The molecular formula is C12H15NO5. The fourth-order valence-corrected chi connectivity index (χ4v) is 2.66. The van der Waals surface area contributed by atoms with Crippen molar-refractivity contribution in [2.45, 2.75) is 37.6 Å². The van der Waals surface area contributed by atoms with Gasteiger partial charge in [0.05, 0.1) is 18.8 Å². The molecule has 6 nitrogen and oxygen atoms in total. The lowest BCUT2D eigenvalue weighted by molar-refractivity contribution is -0.216. The largest absolute Gasteiger partial charge is 0.393 e. The molecule has 0 aliphatic carbocycles. The highest BCUT2D eigenvalue weighted by atomic mass is 16.8. The van der Waals surface area contributed by atoms with Crippen LogP contribution in [-0.2, 0) is 22.4 Å². The zero-order valence-electron chi connectivity index (χ0n) is 9.78. The second-order valence-electron chi connectivity index (χ2n) is 4.71. The molecule has 2 N–H and O–H groups in total. The molecule has 0 radical (unpaired) electrons. The zero-order valence-corrected chi connectivity index (χ0v) is 9.78. The molecule has 2 aliphatic heterocycles. The van der Waals surface area contributed by atoms with Gasteiger partial charge in [0, 0.05) is 12.1 Å². The summed E-state index contributed by atoms with van der Waals surface area (Å²) < 4.78 is 12.9. The van der Waals surface area contributed by atoms with Crippen LogP contribution in [0.4, 0.5) is 0 Å². The lowest BCUT2D eigenvalue weighted by Crippen LogP contribution is -2.41. The molecule has 1 aromatic heterocycles. The average molecular weight is 253 g/mol. The lowest BCUT2D eigenvalue weighted by atomic mass is 10.0. The number of aromatic nitrogens is 1. The Morgan fingerprint density at radius 1 is 1.50 bits per heavy atom. The van der Waals surface area contributed by atoms with Crippen LogP contribution in [0.3, 0.4) is 0 Å². The summed E-state index contributed by atoms with van der Waals surface area (Å²) in [5.74, 6) is -0.934. The quantitative estimate of drug-likeness (QED) is 0.705. The highest BCUT2D eigenvalue weighted by Crippen LogP contribution is 2.37. The van der Waals surface area contributed by atoms with Crippen LogP contribution in [0.25, 0.3) is 0 Å². The molecule has 0 amide bonds. The average Bonchev–Trinajstić information content (AvgIpc) is 2.90. The number of fused-ring (bicyclic) bond motifs is 1. The number of rotatable bonds is 2. The van der Waals surface area contributed by atoms with Crippen molar-refractivity contribution in [3.8, 4) is 0 Å². The van der Waals surface area contributed by atoms with E-state index in [-0.39, 0.29) is 6.61 Å². The fourth-order valence-electron chi connectivity index (χ4n) is 2.66. The minimum absolute atomic E-state index is 0.290. The van der Waals surface area contributed by atoms with Crippen LogP contribution in [0.5, 0.6) is 0 Å². The molecule has 0 aromatic carbocycles. The number of aliphatic hydroxyl groups excluding tert-OH is 2. The monoisotopic (exact) mass is 253 g/mol. The molecular weight excluding hydrogens is 238 g/mol. The molecule has 1 spiro atoms. The highest BCUT2D eigenvalue weighted by molar-refractivity contribution is 5.72. The molecule has 98 valence electrons. The Hall–Kier alpha value is -1.21. The van der Waals surface area contributed by atoms with Gasteiger partial charge in [0.25, 0.3) is 0 Å². The van der Waals surface area contributed by atoms with Gasteiger partial charge >= 0.3 is 0 Å². The number of carbonyl (C=O) groups excluding carboxylic acids is 1. The highest BCUT2D eigenvalue weighted by Gasteiger charge is 2.48. The number of hydrogen-bond acceptors (Lipinski definition) is 5. The molecule has 0 saturated carbocycles.